The lowest BCUT2D eigenvalue weighted by Crippen LogP contribution is -2.40. The number of thiazole rings is 1. The monoisotopic (exact) mass is 351 g/mol. The fourth-order valence-electron chi connectivity index (χ4n) is 2.58. The van der Waals surface area contributed by atoms with Crippen LogP contribution in [0.15, 0.2) is 11.1 Å². The Bertz CT molecular complexity index is 632. The molecule has 6 heteroatoms. The van der Waals surface area contributed by atoms with Crippen molar-refractivity contribution < 1.29 is 4.79 Å². The zero-order valence-corrected chi connectivity index (χ0v) is 16.2. The second-order valence-electron chi connectivity index (χ2n) is 6.29. The Morgan fingerprint density at radius 1 is 1.48 bits per heavy atom. The van der Waals surface area contributed by atoms with Crippen LogP contribution in [0.5, 0.6) is 0 Å². The number of hydrogen-bond donors (Lipinski definition) is 0. The summed E-state index contributed by atoms with van der Waals surface area (Å²) in [5.74, 6) is 0.948. The third-order valence-electron chi connectivity index (χ3n) is 3.80. The molecule has 1 aliphatic rings. The molecule has 1 aromatic rings. The number of allylic oxidation sites excluding steroid dienone is 1. The number of thioether (sulfide) groups is 1. The molecule has 23 heavy (non-hydrogen) atoms. The fourth-order valence-corrected chi connectivity index (χ4v) is 4.55. The molecule has 0 N–H and O–H groups in total. The number of aliphatic imine (C=N–C) groups is 1. The highest BCUT2D eigenvalue weighted by Crippen LogP contribution is 2.35. The van der Waals surface area contributed by atoms with Crippen LogP contribution in [-0.4, -0.2) is 42.7 Å². The van der Waals surface area contributed by atoms with Crippen molar-refractivity contribution in [3.8, 4) is 0 Å². The number of carbonyl (C=O) groups excluding carboxylic acids is 1. The summed E-state index contributed by atoms with van der Waals surface area (Å²) in [5, 5.41) is 1.92. The number of nitrogens with zero attached hydrogens (tertiary/aromatic N) is 3. The summed E-state index contributed by atoms with van der Waals surface area (Å²) in [6, 6.07) is 0. The van der Waals surface area contributed by atoms with E-state index in [4.69, 9.17) is 4.98 Å². The number of rotatable bonds is 6. The summed E-state index contributed by atoms with van der Waals surface area (Å²) in [6.45, 7) is 6.94. The number of carbonyl (C=O) groups is 1. The van der Waals surface area contributed by atoms with Gasteiger partial charge in [-0.05, 0) is 19.1 Å². The topological polar surface area (TPSA) is 45.6 Å². The van der Waals surface area contributed by atoms with E-state index in [2.05, 4.69) is 18.0 Å². The Kier molecular flexibility index (Phi) is 6.03. The molecule has 4 nitrogen and oxygen atoms in total. The van der Waals surface area contributed by atoms with Gasteiger partial charge in [-0.2, -0.15) is 11.8 Å². The van der Waals surface area contributed by atoms with Gasteiger partial charge in [0.15, 0.2) is 0 Å². The van der Waals surface area contributed by atoms with Gasteiger partial charge in [-0.25, -0.2) is 4.98 Å². The molecule has 1 aromatic heterocycles. The molecule has 0 saturated heterocycles. The summed E-state index contributed by atoms with van der Waals surface area (Å²) in [6.07, 6.45) is 7.88. The molecule has 0 bridgehead atoms. The van der Waals surface area contributed by atoms with Gasteiger partial charge in [-0.1, -0.05) is 38.2 Å². The minimum atomic E-state index is -0.380. The first kappa shape index (κ1) is 18.2. The Morgan fingerprint density at radius 2 is 2.22 bits per heavy atom. The summed E-state index contributed by atoms with van der Waals surface area (Å²) in [5.41, 5.74) is 1.68. The normalized spacial score (nSPS) is 14.7. The summed E-state index contributed by atoms with van der Waals surface area (Å²) < 4.78 is 0. The number of amides is 1. The van der Waals surface area contributed by atoms with E-state index >= 15 is 0 Å². The smallest absolute Gasteiger partial charge is 0.233 e. The van der Waals surface area contributed by atoms with Crippen LogP contribution >= 0.6 is 23.1 Å². The van der Waals surface area contributed by atoms with Crippen LogP contribution in [-0.2, 0) is 11.2 Å². The summed E-state index contributed by atoms with van der Waals surface area (Å²) in [4.78, 5) is 23.7. The van der Waals surface area contributed by atoms with Crippen molar-refractivity contribution >= 4 is 45.8 Å². The quantitative estimate of drug-likeness (QED) is 0.780. The van der Waals surface area contributed by atoms with Crippen molar-refractivity contribution in [2.24, 2.45) is 10.4 Å². The van der Waals surface area contributed by atoms with Gasteiger partial charge in [0, 0.05) is 31.1 Å². The van der Waals surface area contributed by atoms with Crippen molar-refractivity contribution in [2.45, 2.75) is 33.6 Å². The zero-order chi connectivity index (χ0) is 17.0. The van der Waals surface area contributed by atoms with Gasteiger partial charge in [0.25, 0.3) is 0 Å². The molecule has 0 saturated carbocycles. The number of hydrogen-bond acceptors (Lipinski definition) is 5. The SMILES string of the molecule is CCc1nc(C2=CCCN=C2)sc1N(C)C(=O)C(C)(C)CSC. The minimum Gasteiger partial charge on any atom is -0.305 e. The van der Waals surface area contributed by atoms with Crippen LogP contribution in [0.3, 0.4) is 0 Å². The maximum atomic E-state index is 12.9. The first-order valence-corrected chi connectivity index (χ1v) is 10.1. The van der Waals surface area contributed by atoms with Gasteiger partial charge in [0.1, 0.15) is 10.0 Å². The van der Waals surface area contributed by atoms with E-state index in [0.717, 1.165) is 46.4 Å². The molecule has 1 amide bonds. The Hall–Kier alpha value is -1.14. The molecule has 0 spiro atoms. The lowest BCUT2D eigenvalue weighted by Gasteiger charge is -2.28. The van der Waals surface area contributed by atoms with E-state index in [0.29, 0.717) is 0 Å². The Morgan fingerprint density at radius 3 is 2.78 bits per heavy atom. The van der Waals surface area contributed by atoms with E-state index in [1.165, 1.54) is 0 Å². The van der Waals surface area contributed by atoms with Crippen LogP contribution < -0.4 is 4.90 Å². The van der Waals surface area contributed by atoms with E-state index in [1.807, 2.05) is 33.4 Å². The van der Waals surface area contributed by atoms with Crippen LogP contribution in [0, 0.1) is 5.41 Å². The predicted molar refractivity (Wildman–Crippen MR) is 103 cm³/mol. The molecule has 0 aromatic carbocycles. The molecule has 0 atom stereocenters. The van der Waals surface area contributed by atoms with Crippen molar-refractivity contribution in [3.63, 3.8) is 0 Å². The van der Waals surface area contributed by atoms with Crippen molar-refractivity contribution in [1.82, 2.24) is 4.98 Å². The maximum Gasteiger partial charge on any atom is 0.233 e. The zero-order valence-electron chi connectivity index (χ0n) is 14.5. The lowest BCUT2D eigenvalue weighted by atomic mass is 9.94. The second kappa shape index (κ2) is 7.62. The molecule has 0 radical (unpaired) electrons. The third-order valence-corrected chi connectivity index (χ3v) is 6.04. The van der Waals surface area contributed by atoms with Crippen molar-refractivity contribution in [2.75, 3.05) is 30.5 Å². The van der Waals surface area contributed by atoms with E-state index in [1.54, 1.807) is 28.0 Å². The van der Waals surface area contributed by atoms with E-state index < -0.39 is 0 Å². The predicted octanol–water partition coefficient (Wildman–Crippen LogP) is 3.92. The fraction of sp³-hybridized carbons (Fsp3) is 0.588. The van der Waals surface area contributed by atoms with Gasteiger partial charge in [0.2, 0.25) is 5.91 Å². The Labute approximate surface area is 147 Å². The molecular formula is C17H25N3OS2. The molecule has 2 rings (SSSR count). The highest BCUT2D eigenvalue weighted by Gasteiger charge is 2.32. The molecule has 1 aliphatic heterocycles. The summed E-state index contributed by atoms with van der Waals surface area (Å²) >= 11 is 3.29. The van der Waals surface area contributed by atoms with Gasteiger partial charge in [-0.3, -0.25) is 9.79 Å². The number of anilines is 1. The largest absolute Gasteiger partial charge is 0.305 e. The van der Waals surface area contributed by atoms with Crippen LogP contribution in [0.4, 0.5) is 5.00 Å². The van der Waals surface area contributed by atoms with Crippen molar-refractivity contribution in [3.05, 3.63) is 16.8 Å². The molecular weight excluding hydrogens is 326 g/mol. The summed E-state index contributed by atoms with van der Waals surface area (Å²) in [7, 11) is 1.87. The minimum absolute atomic E-state index is 0.142. The molecule has 0 aliphatic carbocycles. The molecule has 0 unspecified atom stereocenters. The van der Waals surface area contributed by atoms with E-state index in [-0.39, 0.29) is 11.3 Å². The standard InChI is InChI=1S/C17H25N3OS2/c1-6-13-15(20(4)16(21)17(2,3)11-22-5)23-14(19-13)12-8-7-9-18-10-12/h8,10H,6-7,9,11H2,1-5H3. The average molecular weight is 352 g/mol. The van der Waals surface area contributed by atoms with Crippen LogP contribution in [0.2, 0.25) is 0 Å². The van der Waals surface area contributed by atoms with Crippen molar-refractivity contribution in [1.29, 1.82) is 0 Å². The van der Waals surface area contributed by atoms with Gasteiger partial charge in [-0.15, -0.1) is 0 Å². The number of dihydropyridines is 1. The highest BCUT2D eigenvalue weighted by atomic mass is 32.2. The van der Waals surface area contributed by atoms with Gasteiger partial charge >= 0.3 is 0 Å². The average Bonchev–Trinajstić information content (AvgIpc) is 2.98. The maximum absolute atomic E-state index is 12.9. The number of aromatic nitrogens is 1. The van der Waals surface area contributed by atoms with Crippen LogP contribution in [0.25, 0.3) is 5.57 Å². The van der Waals surface area contributed by atoms with Crippen LogP contribution in [0.1, 0.15) is 37.9 Å². The Balaban J connectivity index is 2.31. The van der Waals surface area contributed by atoms with Gasteiger partial charge < -0.3 is 4.90 Å². The third kappa shape index (κ3) is 4.04. The first-order valence-electron chi connectivity index (χ1n) is 7.88. The first-order chi connectivity index (χ1) is 10.9. The second-order valence-corrected chi connectivity index (χ2v) is 8.13. The molecule has 2 heterocycles. The van der Waals surface area contributed by atoms with E-state index in [9.17, 15) is 4.79 Å². The van der Waals surface area contributed by atoms with Gasteiger partial charge in [0.05, 0.1) is 11.1 Å². The number of aryl methyl sites for hydroxylation is 1. The molecule has 126 valence electrons. The highest BCUT2D eigenvalue weighted by molar-refractivity contribution is 7.98. The molecule has 0 fully saturated rings. The lowest BCUT2D eigenvalue weighted by molar-refractivity contribution is -0.125.